The molecule has 5 nitrogen and oxygen atoms in total. The second kappa shape index (κ2) is 6.65. The fraction of sp³-hybridized carbons (Fsp3) is 0.500. The number of hydrogen-bond acceptors (Lipinski definition) is 4. The van der Waals surface area contributed by atoms with Gasteiger partial charge >= 0.3 is 0 Å². The van der Waals surface area contributed by atoms with Crippen LogP contribution in [0.5, 0.6) is 0 Å². The number of ether oxygens (including phenoxy) is 3. The monoisotopic (exact) mass is 265 g/mol. The van der Waals surface area contributed by atoms with Gasteiger partial charge < -0.3 is 19.5 Å². The fourth-order valence-corrected chi connectivity index (χ4v) is 2.17. The van der Waals surface area contributed by atoms with Crippen molar-refractivity contribution < 1.29 is 19.0 Å². The quantitative estimate of drug-likeness (QED) is 0.874. The average Bonchev–Trinajstić information content (AvgIpc) is 2.88. The van der Waals surface area contributed by atoms with E-state index in [1.54, 1.807) is 26.4 Å². The minimum Gasteiger partial charge on any atom is -0.356 e. The average molecular weight is 265 g/mol. The molecule has 104 valence electrons. The summed E-state index contributed by atoms with van der Waals surface area (Å²) in [7, 11) is 3.19. The van der Waals surface area contributed by atoms with Crippen molar-refractivity contribution in [1.29, 1.82) is 0 Å². The molecule has 0 spiro atoms. The van der Waals surface area contributed by atoms with Crippen molar-refractivity contribution in [1.82, 2.24) is 5.32 Å². The van der Waals surface area contributed by atoms with Crippen LogP contribution in [0, 0.1) is 5.92 Å². The van der Waals surface area contributed by atoms with Gasteiger partial charge in [0.05, 0.1) is 0 Å². The van der Waals surface area contributed by atoms with E-state index in [1.807, 2.05) is 18.2 Å². The predicted molar refractivity (Wildman–Crippen MR) is 69.6 cm³/mol. The summed E-state index contributed by atoms with van der Waals surface area (Å²) in [6.45, 7) is 0.506. The van der Waals surface area contributed by atoms with Gasteiger partial charge in [0.1, 0.15) is 0 Å². The van der Waals surface area contributed by atoms with Crippen LogP contribution in [-0.4, -0.2) is 39.3 Å². The molecule has 1 aliphatic heterocycles. The number of rotatable bonds is 5. The lowest BCUT2D eigenvalue weighted by molar-refractivity contribution is -0.192. The van der Waals surface area contributed by atoms with E-state index in [1.165, 1.54) is 0 Å². The number of nitrogens with one attached hydrogen (secondary N) is 1. The first-order valence-electron chi connectivity index (χ1n) is 6.29. The Balaban J connectivity index is 1.86. The highest BCUT2D eigenvalue weighted by atomic mass is 16.8. The maximum Gasteiger partial charge on any atom is 0.251 e. The lowest BCUT2D eigenvalue weighted by Gasteiger charge is -2.16. The van der Waals surface area contributed by atoms with Crippen molar-refractivity contribution in [2.75, 3.05) is 20.8 Å². The van der Waals surface area contributed by atoms with Gasteiger partial charge in [-0.3, -0.25) is 4.79 Å². The molecule has 1 N–H and O–H groups in total. The standard InChI is InChI=1S/C14H19NO4/c1-17-12-8-11(14(18-2)19-12)9-15-13(16)10-6-4-3-5-7-10/h3-7,11-12,14H,8-9H2,1-2H3,(H,15,16). The highest BCUT2D eigenvalue weighted by Crippen LogP contribution is 2.26. The number of carbonyl (C=O) groups excluding carboxylic acids is 1. The van der Waals surface area contributed by atoms with Gasteiger partial charge in [-0.05, 0) is 12.1 Å². The van der Waals surface area contributed by atoms with Crippen molar-refractivity contribution >= 4 is 5.91 Å². The largest absolute Gasteiger partial charge is 0.356 e. The minimum atomic E-state index is -0.332. The summed E-state index contributed by atoms with van der Waals surface area (Å²) in [5, 5.41) is 2.90. The number of hydrogen-bond donors (Lipinski definition) is 1. The highest BCUT2D eigenvalue weighted by Gasteiger charge is 2.35. The zero-order valence-corrected chi connectivity index (χ0v) is 11.2. The molecule has 1 heterocycles. The van der Waals surface area contributed by atoms with Crippen LogP contribution in [0.2, 0.25) is 0 Å². The molecule has 2 rings (SSSR count). The van der Waals surface area contributed by atoms with E-state index < -0.39 is 0 Å². The molecule has 0 bridgehead atoms. The SMILES string of the molecule is COC1CC(CNC(=O)c2ccccc2)C(OC)O1. The molecule has 0 aromatic heterocycles. The van der Waals surface area contributed by atoms with Gasteiger partial charge in [-0.2, -0.15) is 0 Å². The molecule has 3 unspecified atom stereocenters. The minimum absolute atomic E-state index is 0.0867. The van der Waals surface area contributed by atoms with E-state index in [-0.39, 0.29) is 24.4 Å². The Hall–Kier alpha value is -1.43. The smallest absolute Gasteiger partial charge is 0.251 e. The molecular weight excluding hydrogens is 246 g/mol. The fourth-order valence-electron chi connectivity index (χ4n) is 2.17. The molecule has 0 radical (unpaired) electrons. The van der Waals surface area contributed by atoms with Crippen molar-refractivity contribution in [3.8, 4) is 0 Å². The van der Waals surface area contributed by atoms with Crippen LogP contribution in [0.1, 0.15) is 16.8 Å². The van der Waals surface area contributed by atoms with Crippen LogP contribution in [0.25, 0.3) is 0 Å². The third-order valence-electron chi connectivity index (χ3n) is 3.22. The molecule has 0 saturated carbocycles. The summed E-state index contributed by atoms with van der Waals surface area (Å²) < 4.78 is 15.9. The summed E-state index contributed by atoms with van der Waals surface area (Å²) in [4.78, 5) is 11.9. The van der Waals surface area contributed by atoms with E-state index in [4.69, 9.17) is 14.2 Å². The number of carbonyl (C=O) groups is 1. The van der Waals surface area contributed by atoms with Crippen molar-refractivity contribution in [2.45, 2.75) is 19.0 Å². The lowest BCUT2D eigenvalue weighted by atomic mass is 10.1. The number of benzene rings is 1. The highest BCUT2D eigenvalue weighted by molar-refractivity contribution is 5.94. The van der Waals surface area contributed by atoms with Crippen LogP contribution in [0.3, 0.4) is 0 Å². The molecule has 1 aliphatic rings. The third kappa shape index (κ3) is 3.53. The van der Waals surface area contributed by atoms with Crippen LogP contribution < -0.4 is 5.32 Å². The Labute approximate surface area is 112 Å². The summed E-state index contributed by atoms with van der Waals surface area (Å²) in [5.41, 5.74) is 0.652. The van der Waals surface area contributed by atoms with E-state index >= 15 is 0 Å². The molecule has 1 saturated heterocycles. The summed E-state index contributed by atoms with van der Waals surface area (Å²) in [5.74, 6) is 0.0129. The Morgan fingerprint density at radius 1 is 1.32 bits per heavy atom. The van der Waals surface area contributed by atoms with Gasteiger partial charge in [-0.15, -0.1) is 0 Å². The molecule has 5 heteroatoms. The van der Waals surface area contributed by atoms with Crippen molar-refractivity contribution in [2.24, 2.45) is 5.92 Å². The first-order valence-corrected chi connectivity index (χ1v) is 6.29. The second-order valence-corrected chi connectivity index (χ2v) is 4.48. The molecule has 19 heavy (non-hydrogen) atoms. The van der Waals surface area contributed by atoms with E-state index in [9.17, 15) is 4.79 Å². The Morgan fingerprint density at radius 2 is 2.05 bits per heavy atom. The molecule has 3 atom stereocenters. The zero-order valence-electron chi connectivity index (χ0n) is 11.2. The maximum atomic E-state index is 11.9. The molecular formula is C14H19NO4. The number of methoxy groups -OCH3 is 2. The maximum absolute atomic E-state index is 11.9. The van der Waals surface area contributed by atoms with Crippen LogP contribution in [-0.2, 0) is 14.2 Å². The summed E-state index contributed by atoms with van der Waals surface area (Å²) >= 11 is 0. The van der Waals surface area contributed by atoms with Crippen LogP contribution >= 0.6 is 0 Å². The van der Waals surface area contributed by atoms with Crippen LogP contribution in [0.4, 0.5) is 0 Å². The van der Waals surface area contributed by atoms with E-state index in [0.717, 1.165) is 0 Å². The van der Waals surface area contributed by atoms with Crippen molar-refractivity contribution in [3.63, 3.8) is 0 Å². The van der Waals surface area contributed by atoms with Gasteiger partial charge in [0.15, 0.2) is 12.6 Å². The first kappa shape index (κ1) is 14.0. The molecule has 1 fully saturated rings. The normalized spacial score (nSPS) is 26.3. The Kier molecular flexibility index (Phi) is 4.90. The predicted octanol–water partition coefficient (Wildman–Crippen LogP) is 1.40. The Morgan fingerprint density at radius 3 is 2.68 bits per heavy atom. The summed E-state index contributed by atoms with van der Waals surface area (Å²) in [6.07, 6.45) is 0.119. The molecule has 0 aliphatic carbocycles. The van der Waals surface area contributed by atoms with Gasteiger partial charge in [0, 0.05) is 38.7 Å². The summed E-state index contributed by atoms with van der Waals surface area (Å²) in [6, 6.07) is 9.13. The van der Waals surface area contributed by atoms with Gasteiger partial charge in [-0.1, -0.05) is 18.2 Å². The molecule has 1 aromatic rings. The number of amides is 1. The van der Waals surface area contributed by atoms with E-state index in [0.29, 0.717) is 18.5 Å². The van der Waals surface area contributed by atoms with Gasteiger partial charge in [0.2, 0.25) is 0 Å². The zero-order chi connectivity index (χ0) is 13.7. The van der Waals surface area contributed by atoms with Gasteiger partial charge in [0.25, 0.3) is 5.91 Å². The molecule has 1 amide bonds. The lowest BCUT2D eigenvalue weighted by Crippen LogP contribution is -2.33. The third-order valence-corrected chi connectivity index (χ3v) is 3.22. The topological polar surface area (TPSA) is 56.8 Å². The first-order chi connectivity index (χ1) is 9.24. The van der Waals surface area contributed by atoms with Crippen molar-refractivity contribution in [3.05, 3.63) is 35.9 Å². The Bertz CT molecular complexity index is 409. The second-order valence-electron chi connectivity index (χ2n) is 4.48. The molecule has 1 aromatic carbocycles. The van der Waals surface area contributed by atoms with Crippen LogP contribution in [0.15, 0.2) is 30.3 Å². The van der Waals surface area contributed by atoms with Gasteiger partial charge in [-0.25, -0.2) is 0 Å². The van der Waals surface area contributed by atoms with E-state index in [2.05, 4.69) is 5.32 Å².